The van der Waals surface area contributed by atoms with E-state index in [2.05, 4.69) is 15.9 Å². The molecule has 2 aromatic carbocycles. The summed E-state index contributed by atoms with van der Waals surface area (Å²) in [6.07, 6.45) is 0. The van der Waals surface area contributed by atoms with Crippen LogP contribution in [0.15, 0.2) is 53.0 Å². The Morgan fingerprint density at radius 2 is 1.76 bits per heavy atom. The average molecular weight is 292 g/mol. The molecule has 0 saturated carbocycles. The maximum Gasteiger partial charge on any atom is 0.249 e. The highest BCUT2D eigenvalue weighted by atomic mass is 79.9. The summed E-state index contributed by atoms with van der Waals surface area (Å²) in [5.74, 6) is 0.919. The molecule has 0 aliphatic rings. The van der Waals surface area contributed by atoms with E-state index in [1.54, 1.807) is 18.2 Å². The van der Waals surface area contributed by atoms with Crippen molar-refractivity contribution in [2.75, 3.05) is 0 Å². The summed E-state index contributed by atoms with van der Waals surface area (Å²) < 4.78 is 6.24. The molecule has 0 spiro atoms. The Kier molecular flexibility index (Phi) is 3.44. The number of amides is 1. The molecule has 0 atom stereocenters. The molecule has 1 amide bonds. The number of carbonyl (C=O) groups is 1. The lowest BCUT2D eigenvalue weighted by atomic mass is 10.2. The molecule has 0 fully saturated rings. The van der Waals surface area contributed by atoms with E-state index in [1.165, 1.54) is 0 Å². The summed E-state index contributed by atoms with van der Waals surface area (Å²) >= 11 is 3.28. The fourth-order valence-electron chi connectivity index (χ4n) is 1.38. The number of halogens is 1. The Morgan fingerprint density at radius 1 is 1.06 bits per heavy atom. The summed E-state index contributed by atoms with van der Waals surface area (Å²) in [6, 6.07) is 14.5. The minimum Gasteiger partial charge on any atom is -0.457 e. The number of hydrogen-bond acceptors (Lipinski definition) is 2. The van der Waals surface area contributed by atoms with Crippen LogP contribution in [0.3, 0.4) is 0 Å². The highest BCUT2D eigenvalue weighted by Gasteiger charge is 2.07. The molecule has 4 heteroatoms. The number of rotatable bonds is 3. The molecule has 0 heterocycles. The van der Waals surface area contributed by atoms with Gasteiger partial charge in [0.05, 0.1) is 5.56 Å². The predicted molar refractivity (Wildman–Crippen MR) is 69.2 cm³/mol. The number of para-hydroxylation sites is 1. The van der Waals surface area contributed by atoms with Crippen molar-refractivity contribution in [2.24, 2.45) is 5.73 Å². The monoisotopic (exact) mass is 291 g/mol. The quantitative estimate of drug-likeness (QED) is 0.943. The number of carbonyl (C=O) groups excluding carboxylic acids is 1. The maximum absolute atomic E-state index is 11.0. The Hall–Kier alpha value is -1.81. The lowest BCUT2D eigenvalue weighted by Crippen LogP contribution is -2.11. The molecule has 0 unspecified atom stereocenters. The van der Waals surface area contributed by atoms with E-state index in [4.69, 9.17) is 10.5 Å². The van der Waals surface area contributed by atoms with Crippen molar-refractivity contribution in [1.29, 1.82) is 0 Å². The second-order valence-electron chi connectivity index (χ2n) is 3.42. The molecule has 3 nitrogen and oxygen atoms in total. The van der Waals surface area contributed by atoms with E-state index in [9.17, 15) is 4.79 Å². The third-order valence-electron chi connectivity index (χ3n) is 2.18. The largest absolute Gasteiger partial charge is 0.457 e. The van der Waals surface area contributed by atoms with Gasteiger partial charge in [-0.2, -0.15) is 0 Å². The van der Waals surface area contributed by atoms with Crippen molar-refractivity contribution < 1.29 is 9.53 Å². The van der Waals surface area contributed by atoms with Gasteiger partial charge in [-0.25, -0.2) is 0 Å². The van der Waals surface area contributed by atoms with Gasteiger partial charge in [0, 0.05) is 4.47 Å². The van der Waals surface area contributed by atoms with Crippen molar-refractivity contribution in [3.8, 4) is 11.5 Å². The second kappa shape index (κ2) is 5.01. The summed E-state index contributed by atoms with van der Waals surface area (Å²) in [7, 11) is 0. The summed E-state index contributed by atoms with van der Waals surface area (Å²) in [4.78, 5) is 11.0. The van der Waals surface area contributed by atoms with Crippen molar-refractivity contribution in [3.05, 3.63) is 58.6 Å². The van der Waals surface area contributed by atoms with E-state index < -0.39 is 5.91 Å². The highest BCUT2D eigenvalue weighted by Crippen LogP contribution is 2.26. The van der Waals surface area contributed by atoms with Crippen LogP contribution in [0, 0.1) is 0 Å². The third-order valence-corrected chi connectivity index (χ3v) is 2.84. The molecule has 0 radical (unpaired) electrons. The van der Waals surface area contributed by atoms with Gasteiger partial charge in [-0.1, -0.05) is 18.2 Å². The summed E-state index contributed by atoms with van der Waals surface area (Å²) in [5, 5.41) is 0. The lowest BCUT2D eigenvalue weighted by Gasteiger charge is -2.07. The van der Waals surface area contributed by atoms with Crippen LogP contribution in [0.4, 0.5) is 0 Å². The second-order valence-corrected chi connectivity index (χ2v) is 4.28. The number of nitrogens with two attached hydrogens (primary N) is 1. The molecule has 2 aromatic rings. The van der Waals surface area contributed by atoms with E-state index in [-0.39, 0.29) is 0 Å². The molecule has 0 aliphatic carbocycles. The van der Waals surface area contributed by atoms with E-state index >= 15 is 0 Å². The Bertz CT molecular complexity index is 540. The van der Waals surface area contributed by atoms with Gasteiger partial charge < -0.3 is 10.5 Å². The van der Waals surface area contributed by atoms with Crippen LogP contribution in [0.25, 0.3) is 0 Å². The van der Waals surface area contributed by atoms with E-state index in [1.807, 2.05) is 30.3 Å². The van der Waals surface area contributed by atoms with E-state index in [0.717, 1.165) is 5.75 Å². The minimum atomic E-state index is -0.469. The third kappa shape index (κ3) is 2.85. The van der Waals surface area contributed by atoms with Crippen LogP contribution in [0.1, 0.15) is 10.4 Å². The highest BCUT2D eigenvalue weighted by molar-refractivity contribution is 9.10. The van der Waals surface area contributed by atoms with Crippen molar-refractivity contribution in [2.45, 2.75) is 0 Å². The van der Waals surface area contributed by atoms with Gasteiger partial charge in [0.2, 0.25) is 5.91 Å². The molecule has 0 bridgehead atoms. The number of primary amides is 1. The average Bonchev–Trinajstić information content (AvgIpc) is 2.30. The molecule has 0 saturated heterocycles. The zero-order valence-corrected chi connectivity index (χ0v) is 10.5. The van der Waals surface area contributed by atoms with Crippen LogP contribution in [-0.2, 0) is 0 Å². The Labute approximate surface area is 107 Å². The van der Waals surface area contributed by atoms with Gasteiger partial charge in [-0.15, -0.1) is 0 Å². The minimum absolute atomic E-state index is 0.436. The zero-order chi connectivity index (χ0) is 12.3. The molecule has 2 rings (SSSR count). The first kappa shape index (κ1) is 11.7. The fourth-order valence-corrected chi connectivity index (χ4v) is 1.94. The van der Waals surface area contributed by atoms with Crippen molar-refractivity contribution in [3.63, 3.8) is 0 Å². The predicted octanol–water partition coefficient (Wildman–Crippen LogP) is 3.34. The molecule has 2 N–H and O–H groups in total. The van der Waals surface area contributed by atoms with Gasteiger partial charge in [-0.3, -0.25) is 4.79 Å². The topological polar surface area (TPSA) is 52.3 Å². The van der Waals surface area contributed by atoms with Crippen LogP contribution in [0.2, 0.25) is 0 Å². The first-order valence-corrected chi connectivity index (χ1v) is 5.78. The molecule has 0 aromatic heterocycles. The molecule has 0 aliphatic heterocycles. The molecular formula is C13H10BrNO2. The first-order valence-electron chi connectivity index (χ1n) is 4.99. The van der Waals surface area contributed by atoms with Gasteiger partial charge in [0.25, 0.3) is 0 Å². The SMILES string of the molecule is NC(=O)c1ccc(Oc2ccccc2)cc1Br. The van der Waals surface area contributed by atoms with Gasteiger partial charge in [0.15, 0.2) is 0 Å². The summed E-state index contributed by atoms with van der Waals surface area (Å²) in [6.45, 7) is 0. The van der Waals surface area contributed by atoms with Crippen LogP contribution in [0.5, 0.6) is 11.5 Å². The van der Waals surface area contributed by atoms with Gasteiger partial charge >= 0.3 is 0 Å². The summed E-state index contributed by atoms with van der Waals surface area (Å²) in [5.41, 5.74) is 5.64. The van der Waals surface area contributed by atoms with Crippen molar-refractivity contribution >= 4 is 21.8 Å². The molecule has 17 heavy (non-hydrogen) atoms. The van der Waals surface area contributed by atoms with Crippen LogP contribution < -0.4 is 10.5 Å². The van der Waals surface area contributed by atoms with Crippen molar-refractivity contribution in [1.82, 2.24) is 0 Å². The van der Waals surface area contributed by atoms with Gasteiger partial charge in [-0.05, 0) is 46.3 Å². The molecule has 86 valence electrons. The Morgan fingerprint density at radius 3 is 2.35 bits per heavy atom. The fraction of sp³-hybridized carbons (Fsp3) is 0. The van der Waals surface area contributed by atoms with Crippen LogP contribution >= 0.6 is 15.9 Å². The number of ether oxygens (including phenoxy) is 1. The standard InChI is InChI=1S/C13H10BrNO2/c14-12-8-10(6-7-11(12)13(15)16)17-9-4-2-1-3-5-9/h1-8H,(H2,15,16). The van der Waals surface area contributed by atoms with Crippen LogP contribution in [-0.4, -0.2) is 5.91 Å². The lowest BCUT2D eigenvalue weighted by molar-refractivity contribution is 0.0999. The smallest absolute Gasteiger partial charge is 0.249 e. The number of hydrogen-bond donors (Lipinski definition) is 1. The maximum atomic E-state index is 11.0. The normalized spacial score (nSPS) is 9.94. The zero-order valence-electron chi connectivity index (χ0n) is 8.89. The van der Waals surface area contributed by atoms with Gasteiger partial charge in [0.1, 0.15) is 11.5 Å². The number of benzene rings is 2. The first-order chi connectivity index (χ1) is 8.16. The Balaban J connectivity index is 2.24. The molecular weight excluding hydrogens is 282 g/mol. The van der Waals surface area contributed by atoms with E-state index in [0.29, 0.717) is 15.8 Å².